The predicted octanol–water partition coefficient (Wildman–Crippen LogP) is 4.82. The third kappa shape index (κ3) is 3.82. The fourth-order valence-electron chi connectivity index (χ4n) is 5.33. The van der Waals surface area contributed by atoms with E-state index in [1.807, 2.05) is 53.3 Å². The maximum absolute atomic E-state index is 13.9. The van der Waals surface area contributed by atoms with Crippen LogP contribution in [-0.2, 0) is 17.9 Å². The van der Waals surface area contributed by atoms with Gasteiger partial charge in [0, 0.05) is 12.6 Å². The summed E-state index contributed by atoms with van der Waals surface area (Å²) < 4.78 is 8.49. The van der Waals surface area contributed by atoms with Gasteiger partial charge < -0.3 is 19.5 Å². The van der Waals surface area contributed by atoms with Gasteiger partial charge in [-0.3, -0.25) is 9.59 Å². The summed E-state index contributed by atoms with van der Waals surface area (Å²) in [6, 6.07) is 11.9. The lowest BCUT2D eigenvalue weighted by Crippen LogP contribution is -2.65. The number of thiophene rings is 1. The predicted molar refractivity (Wildman–Crippen MR) is 131 cm³/mol. The van der Waals surface area contributed by atoms with Gasteiger partial charge in [-0.1, -0.05) is 31.9 Å². The highest BCUT2D eigenvalue weighted by Crippen LogP contribution is 2.36. The van der Waals surface area contributed by atoms with Crippen molar-refractivity contribution in [3.8, 4) is 5.75 Å². The first-order valence-electron chi connectivity index (χ1n) is 11.7. The van der Waals surface area contributed by atoms with E-state index < -0.39 is 5.54 Å². The maximum atomic E-state index is 13.9. The summed E-state index contributed by atoms with van der Waals surface area (Å²) in [5, 5.41) is 5.37. The molecule has 0 bridgehead atoms. The van der Waals surface area contributed by atoms with Gasteiger partial charge in [0.1, 0.15) is 17.0 Å². The minimum atomic E-state index is -1.00. The van der Waals surface area contributed by atoms with Crippen LogP contribution in [0.25, 0.3) is 10.2 Å². The Morgan fingerprint density at radius 1 is 1.24 bits per heavy atom. The maximum Gasteiger partial charge on any atom is 0.271 e. The smallest absolute Gasteiger partial charge is 0.271 e. The zero-order valence-electron chi connectivity index (χ0n) is 19.5. The van der Waals surface area contributed by atoms with Gasteiger partial charge in [0.25, 0.3) is 5.91 Å². The fourth-order valence-corrected chi connectivity index (χ4v) is 6.15. The molecule has 1 saturated carbocycles. The third-order valence-corrected chi connectivity index (χ3v) is 8.29. The number of carbonyl (C=O) groups excluding carboxylic acids is 2. The quantitative estimate of drug-likeness (QED) is 0.588. The zero-order chi connectivity index (χ0) is 23.2. The van der Waals surface area contributed by atoms with Gasteiger partial charge in [0.2, 0.25) is 5.91 Å². The van der Waals surface area contributed by atoms with Crippen LogP contribution in [0.4, 0.5) is 0 Å². The Morgan fingerprint density at radius 3 is 2.85 bits per heavy atom. The second-order valence-corrected chi connectivity index (χ2v) is 10.6. The summed E-state index contributed by atoms with van der Waals surface area (Å²) in [6.07, 6.45) is 4.48. The molecule has 0 unspecified atom stereocenters. The number of amides is 2. The van der Waals surface area contributed by atoms with Crippen LogP contribution in [0.15, 0.2) is 41.8 Å². The van der Waals surface area contributed by atoms with Crippen molar-refractivity contribution in [2.45, 2.75) is 64.2 Å². The Morgan fingerprint density at radius 2 is 2.06 bits per heavy atom. The van der Waals surface area contributed by atoms with Crippen LogP contribution in [0.5, 0.6) is 5.75 Å². The Hall–Kier alpha value is -2.80. The van der Waals surface area contributed by atoms with E-state index in [2.05, 4.69) is 12.2 Å². The van der Waals surface area contributed by atoms with E-state index in [-0.39, 0.29) is 17.9 Å². The van der Waals surface area contributed by atoms with Crippen molar-refractivity contribution >= 4 is 33.4 Å². The minimum Gasteiger partial charge on any atom is -0.497 e. The van der Waals surface area contributed by atoms with E-state index in [4.69, 9.17) is 4.74 Å². The molecule has 174 valence electrons. The molecular formula is C26H31N3O3S. The van der Waals surface area contributed by atoms with Crippen LogP contribution in [0.2, 0.25) is 0 Å². The zero-order valence-corrected chi connectivity index (χ0v) is 20.3. The number of methoxy groups -OCH3 is 1. The Kier molecular flexibility index (Phi) is 5.69. The standard InChI is InChI=1S/C26H31N3O3S/c1-17-7-4-5-10-20(17)27-25(31)26(2)16-28-21-11-12-33-23(21)14-22(28)24(30)29(26)15-18-8-6-9-19(13-18)32-3/h6,8-9,11-14,17,20H,4-5,7,10,15-16H2,1-3H3,(H,27,31)/t17-,20-,26-/m1/s1. The first-order chi connectivity index (χ1) is 15.9. The van der Waals surface area contributed by atoms with Gasteiger partial charge in [-0.2, -0.15) is 0 Å². The summed E-state index contributed by atoms with van der Waals surface area (Å²) in [5.41, 5.74) is 1.61. The van der Waals surface area contributed by atoms with Crippen molar-refractivity contribution in [3.05, 3.63) is 53.0 Å². The molecule has 0 radical (unpaired) electrons. The number of carbonyl (C=O) groups is 2. The normalized spacial score (nSPS) is 25.2. The number of rotatable bonds is 5. The number of benzene rings is 1. The third-order valence-electron chi connectivity index (χ3n) is 7.44. The van der Waals surface area contributed by atoms with E-state index in [9.17, 15) is 9.59 Å². The van der Waals surface area contributed by atoms with Crippen LogP contribution in [0, 0.1) is 5.92 Å². The molecular weight excluding hydrogens is 434 g/mol. The van der Waals surface area contributed by atoms with E-state index >= 15 is 0 Å². The summed E-state index contributed by atoms with van der Waals surface area (Å²) in [6.45, 7) is 4.91. The summed E-state index contributed by atoms with van der Waals surface area (Å²) in [5.74, 6) is 1.01. The number of aromatic nitrogens is 1. The summed E-state index contributed by atoms with van der Waals surface area (Å²) in [4.78, 5) is 29.4. The van der Waals surface area contributed by atoms with Gasteiger partial charge in [-0.15, -0.1) is 11.3 Å². The highest BCUT2D eigenvalue weighted by atomic mass is 32.1. The van der Waals surface area contributed by atoms with Crippen LogP contribution >= 0.6 is 11.3 Å². The molecule has 33 heavy (non-hydrogen) atoms. The molecule has 3 aromatic rings. The Balaban J connectivity index is 1.53. The van der Waals surface area contributed by atoms with Crippen LogP contribution in [0.1, 0.15) is 55.6 Å². The Bertz CT molecular complexity index is 1200. The first-order valence-corrected chi connectivity index (χ1v) is 12.6. The number of nitrogens with one attached hydrogen (secondary N) is 1. The molecule has 0 saturated heterocycles. The van der Waals surface area contributed by atoms with Crippen LogP contribution < -0.4 is 10.1 Å². The summed E-state index contributed by atoms with van der Waals surface area (Å²) in [7, 11) is 1.63. The second kappa shape index (κ2) is 8.52. The second-order valence-electron chi connectivity index (χ2n) is 9.64. The number of ether oxygens (including phenoxy) is 1. The lowest BCUT2D eigenvalue weighted by Gasteiger charge is -2.45. The Labute approximate surface area is 198 Å². The highest BCUT2D eigenvalue weighted by molar-refractivity contribution is 7.17. The molecule has 2 amide bonds. The molecule has 1 N–H and O–H groups in total. The van der Waals surface area contributed by atoms with Crippen LogP contribution in [-0.4, -0.2) is 40.0 Å². The number of hydrogen-bond acceptors (Lipinski definition) is 4. The topological polar surface area (TPSA) is 63.6 Å². The van der Waals surface area contributed by atoms with Gasteiger partial charge in [0.05, 0.1) is 23.9 Å². The average molecular weight is 466 g/mol. The largest absolute Gasteiger partial charge is 0.497 e. The number of hydrogen-bond donors (Lipinski definition) is 1. The first kappa shape index (κ1) is 22.0. The number of fused-ring (bicyclic) bond motifs is 3. The molecule has 1 fully saturated rings. The molecule has 2 aliphatic rings. The van der Waals surface area contributed by atoms with Crippen molar-refractivity contribution in [1.82, 2.24) is 14.8 Å². The van der Waals surface area contributed by atoms with Crippen molar-refractivity contribution in [3.63, 3.8) is 0 Å². The lowest BCUT2D eigenvalue weighted by atomic mass is 9.85. The molecule has 3 heterocycles. The average Bonchev–Trinajstić information content (AvgIpc) is 3.41. The SMILES string of the molecule is COc1cccc(CN2C(=O)c3cc4sccc4n3C[C@]2(C)C(=O)N[C@@H]2CCCC[C@H]2C)c1. The van der Waals surface area contributed by atoms with Crippen LogP contribution in [0.3, 0.4) is 0 Å². The summed E-state index contributed by atoms with van der Waals surface area (Å²) >= 11 is 1.62. The molecule has 5 rings (SSSR count). The lowest BCUT2D eigenvalue weighted by molar-refractivity contribution is -0.134. The molecule has 3 atom stereocenters. The molecule has 0 spiro atoms. The molecule has 1 aliphatic heterocycles. The molecule has 6 nitrogen and oxygen atoms in total. The van der Waals surface area contributed by atoms with Crippen molar-refractivity contribution in [2.75, 3.05) is 7.11 Å². The minimum absolute atomic E-state index is 0.0692. The van der Waals surface area contributed by atoms with Gasteiger partial charge in [-0.25, -0.2) is 0 Å². The van der Waals surface area contributed by atoms with Gasteiger partial charge in [0.15, 0.2) is 0 Å². The van der Waals surface area contributed by atoms with Gasteiger partial charge in [-0.05, 0) is 60.9 Å². The fraction of sp³-hybridized carbons (Fsp3) is 0.462. The van der Waals surface area contributed by atoms with Crippen molar-refractivity contribution in [2.24, 2.45) is 5.92 Å². The van der Waals surface area contributed by atoms with E-state index in [0.29, 0.717) is 24.7 Å². The van der Waals surface area contributed by atoms with E-state index in [0.717, 1.165) is 40.8 Å². The molecule has 1 aromatic carbocycles. The number of nitrogens with zero attached hydrogens (tertiary/aromatic N) is 2. The highest BCUT2D eigenvalue weighted by Gasteiger charge is 2.48. The molecule has 1 aliphatic carbocycles. The van der Waals surface area contributed by atoms with Crippen molar-refractivity contribution in [1.29, 1.82) is 0 Å². The molecule has 7 heteroatoms. The molecule has 2 aromatic heterocycles. The van der Waals surface area contributed by atoms with E-state index in [1.54, 1.807) is 23.3 Å². The van der Waals surface area contributed by atoms with E-state index in [1.165, 1.54) is 6.42 Å². The van der Waals surface area contributed by atoms with Crippen molar-refractivity contribution < 1.29 is 14.3 Å². The van der Waals surface area contributed by atoms with Gasteiger partial charge >= 0.3 is 0 Å². The monoisotopic (exact) mass is 465 g/mol.